The van der Waals surface area contributed by atoms with E-state index in [1.807, 2.05) is 24.3 Å². The van der Waals surface area contributed by atoms with Crippen molar-refractivity contribution in [3.63, 3.8) is 0 Å². The Kier molecular flexibility index (Phi) is 5.90. The molecule has 0 aliphatic carbocycles. The molecule has 3 rings (SSSR count). The Morgan fingerprint density at radius 3 is 2.81 bits per heavy atom. The van der Waals surface area contributed by atoms with Gasteiger partial charge in [-0.3, -0.25) is 4.79 Å². The van der Waals surface area contributed by atoms with Gasteiger partial charge in [0.1, 0.15) is 29.9 Å². The van der Waals surface area contributed by atoms with Crippen molar-refractivity contribution in [1.82, 2.24) is 5.32 Å². The van der Waals surface area contributed by atoms with E-state index in [4.69, 9.17) is 13.9 Å². The maximum Gasteiger partial charge on any atom is 0.217 e. The van der Waals surface area contributed by atoms with Gasteiger partial charge in [0.05, 0.1) is 19.5 Å². The standard InChI is InChI=1S/C18H23NO7/c1-10(21)19-15-17(23)16(22)14(9-20)26-18(15)25-6-4-11-2-3-13-12(8-11)5-7-24-13/h2-3,5,7-8,14-18,20,22-23H,4,6,9H2,1H3,(H,19,21)/t14-,15-,16-,17-,18-/m1/s1. The van der Waals surface area contributed by atoms with E-state index >= 15 is 0 Å². The first-order valence-electron chi connectivity index (χ1n) is 8.47. The Hall–Kier alpha value is -1.97. The second-order valence-electron chi connectivity index (χ2n) is 6.35. The average molecular weight is 365 g/mol. The second-order valence-corrected chi connectivity index (χ2v) is 6.35. The van der Waals surface area contributed by atoms with Gasteiger partial charge in [-0.15, -0.1) is 0 Å². The lowest BCUT2D eigenvalue weighted by Gasteiger charge is -2.42. The van der Waals surface area contributed by atoms with Crippen LogP contribution >= 0.6 is 0 Å². The topological polar surface area (TPSA) is 121 Å². The highest BCUT2D eigenvalue weighted by atomic mass is 16.7. The van der Waals surface area contributed by atoms with Gasteiger partial charge in [-0.25, -0.2) is 0 Å². The van der Waals surface area contributed by atoms with Gasteiger partial charge in [0.25, 0.3) is 0 Å². The first-order valence-corrected chi connectivity index (χ1v) is 8.47. The van der Waals surface area contributed by atoms with E-state index in [9.17, 15) is 20.1 Å². The van der Waals surface area contributed by atoms with Crippen LogP contribution in [0.5, 0.6) is 0 Å². The molecule has 1 amide bonds. The second kappa shape index (κ2) is 8.15. The number of hydrogen-bond acceptors (Lipinski definition) is 7. The smallest absolute Gasteiger partial charge is 0.217 e. The summed E-state index contributed by atoms with van der Waals surface area (Å²) in [5.74, 6) is -0.383. The Labute approximate surface area is 150 Å². The summed E-state index contributed by atoms with van der Waals surface area (Å²) in [5, 5.41) is 33.0. The number of fused-ring (bicyclic) bond motifs is 1. The first-order chi connectivity index (χ1) is 12.5. The van der Waals surface area contributed by atoms with Crippen LogP contribution in [0.25, 0.3) is 11.0 Å². The average Bonchev–Trinajstić information content (AvgIpc) is 3.08. The maximum absolute atomic E-state index is 11.4. The number of nitrogens with one attached hydrogen (secondary N) is 1. The number of furan rings is 1. The van der Waals surface area contributed by atoms with Crippen LogP contribution in [0.4, 0.5) is 0 Å². The fourth-order valence-electron chi connectivity index (χ4n) is 3.08. The van der Waals surface area contributed by atoms with Gasteiger partial charge in [-0.1, -0.05) is 6.07 Å². The lowest BCUT2D eigenvalue weighted by Crippen LogP contribution is -2.64. The summed E-state index contributed by atoms with van der Waals surface area (Å²) in [7, 11) is 0. The third kappa shape index (κ3) is 4.05. The molecule has 0 unspecified atom stereocenters. The molecule has 0 spiro atoms. The molecule has 1 saturated heterocycles. The number of amides is 1. The summed E-state index contributed by atoms with van der Waals surface area (Å²) in [6.07, 6.45) is -2.39. The highest BCUT2D eigenvalue weighted by Crippen LogP contribution is 2.23. The number of hydrogen-bond donors (Lipinski definition) is 4. The molecule has 26 heavy (non-hydrogen) atoms. The molecule has 5 atom stereocenters. The van der Waals surface area contributed by atoms with E-state index in [1.165, 1.54) is 6.92 Å². The molecular weight excluding hydrogens is 342 g/mol. The predicted molar refractivity (Wildman–Crippen MR) is 91.2 cm³/mol. The highest BCUT2D eigenvalue weighted by molar-refractivity contribution is 5.77. The van der Waals surface area contributed by atoms with Crippen LogP contribution in [0, 0.1) is 0 Å². The molecule has 0 saturated carbocycles. The normalized spacial score (nSPS) is 29.0. The Bertz CT molecular complexity index is 746. The molecule has 4 N–H and O–H groups in total. The summed E-state index contributed by atoms with van der Waals surface area (Å²) in [4.78, 5) is 11.4. The van der Waals surface area contributed by atoms with Gasteiger partial charge in [0.15, 0.2) is 6.29 Å². The summed E-state index contributed by atoms with van der Waals surface area (Å²) in [6.45, 7) is 1.10. The van der Waals surface area contributed by atoms with Crippen molar-refractivity contribution < 1.29 is 34.0 Å². The molecule has 1 aliphatic rings. The maximum atomic E-state index is 11.4. The van der Waals surface area contributed by atoms with Gasteiger partial charge in [0.2, 0.25) is 5.91 Å². The van der Waals surface area contributed by atoms with E-state index in [0.717, 1.165) is 16.5 Å². The minimum absolute atomic E-state index is 0.269. The SMILES string of the molecule is CC(=O)N[C@H]1[C@H](OCCc2ccc3occc3c2)O[C@H](CO)[C@@H](O)[C@@H]1O. The molecule has 0 bridgehead atoms. The molecule has 8 nitrogen and oxygen atoms in total. The fourth-order valence-corrected chi connectivity index (χ4v) is 3.08. The molecule has 142 valence electrons. The first kappa shape index (κ1) is 18.8. The van der Waals surface area contributed by atoms with Crippen molar-refractivity contribution in [2.45, 2.75) is 44.0 Å². The number of aliphatic hydroxyl groups excluding tert-OH is 3. The number of benzene rings is 1. The molecule has 1 fully saturated rings. The largest absolute Gasteiger partial charge is 0.464 e. The predicted octanol–water partition coefficient (Wildman–Crippen LogP) is -0.0644. The van der Waals surface area contributed by atoms with Crippen LogP contribution in [0.3, 0.4) is 0 Å². The third-order valence-corrected chi connectivity index (χ3v) is 4.44. The van der Waals surface area contributed by atoms with Crippen LogP contribution in [0.1, 0.15) is 12.5 Å². The lowest BCUT2D eigenvalue weighted by molar-refractivity contribution is -0.269. The quantitative estimate of drug-likeness (QED) is 0.566. The summed E-state index contributed by atoms with van der Waals surface area (Å²) < 4.78 is 16.5. The third-order valence-electron chi connectivity index (χ3n) is 4.44. The minimum atomic E-state index is -1.32. The van der Waals surface area contributed by atoms with Gasteiger partial charge in [-0.05, 0) is 30.2 Å². The number of ether oxygens (including phenoxy) is 2. The number of carbonyl (C=O) groups excluding carboxylic acids is 1. The Balaban J connectivity index is 1.63. The van der Waals surface area contributed by atoms with E-state index < -0.39 is 37.3 Å². The summed E-state index contributed by atoms with van der Waals surface area (Å²) >= 11 is 0. The number of rotatable bonds is 6. The summed E-state index contributed by atoms with van der Waals surface area (Å²) in [5.41, 5.74) is 1.84. The summed E-state index contributed by atoms with van der Waals surface area (Å²) in [6, 6.07) is 6.74. The van der Waals surface area contributed by atoms with Gasteiger partial charge in [-0.2, -0.15) is 0 Å². The monoisotopic (exact) mass is 365 g/mol. The van der Waals surface area contributed by atoms with Crippen LogP contribution in [-0.2, 0) is 20.7 Å². The molecule has 1 aromatic carbocycles. The zero-order chi connectivity index (χ0) is 18.7. The van der Waals surface area contributed by atoms with Crippen LogP contribution in [-0.4, -0.2) is 65.1 Å². The van der Waals surface area contributed by atoms with E-state index in [0.29, 0.717) is 6.42 Å². The molecular formula is C18H23NO7. The molecule has 1 aliphatic heterocycles. The number of carbonyl (C=O) groups is 1. The van der Waals surface area contributed by atoms with Gasteiger partial charge in [0, 0.05) is 12.3 Å². The van der Waals surface area contributed by atoms with Crippen LogP contribution in [0.15, 0.2) is 34.9 Å². The fraction of sp³-hybridized carbons (Fsp3) is 0.500. The van der Waals surface area contributed by atoms with Crippen molar-refractivity contribution in [3.05, 3.63) is 36.1 Å². The zero-order valence-electron chi connectivity index (χ0n) is 14.4. The molecule has 8 heteroatoms. The van der Waals surface area contributed by atoms with Crippen molar-refractivity contribution in [3.8, 4) is 0 Å². The Morgan fingerprint density at radius 2 is 2.08 bits per heavy atom. The van der Waals surface area contributed by atoms with Crippen LogP contribution < -0.4 is 5.32 Å². The van der Waals surface area contributed by atoms with Crippen LogP contribution in [0.2, 0.25) is 0 Å². The Morgan fingerprint density at radius 1 is 1.27 bits per heavy atom. The minimum Gasteiger partial charge on any atom is -0.464 e. The molecule has 1 aromatic heterocycles. The van der Waals surface area contributed by atoms with E-state index in [1.54, 1.807) is 6.26 Å². The lowest BCUT2D eigenvalue weighted by atomic mass is 9.97. The molecule has 2 aromatic rings. The van der Waals surface area contributed by atoms with Crippen molar-refractivity contribution in [1.29, 1.82) is 0 Å². The number of aliphatic hydroxyl groups is 3. The van der Waals surface area contributed by atoms with Crippen molar-refractivity contribution >= 4 is 16.9 Å². The van der Waals surface area contributed by atoms with Crippen molar-refractivity contribution in [2.24, 2.45) is 0 Å². The molecule has 2 heterocycles. The van der Waals surface area contributed by atoms with E-state index in [2.05, 4.69) is 5.32 Å². The van der Waals surface area contributed by atoms with E-state index in [-0.39, 0.29) is 12.5 Å². The highest BCUT2D eigenvalue weighted by Gasteiger charge is 2.45. The van der Waals surface area contributed by atoms with Gasteiger partial charge >= 0.3 is 0 Å². The van der Waals surface area contributed by atoms with Gasteiger partial charge < -0.3 is 34.5 Å². The van der Waals surface area contributed by atoms with Crippen molar-refractivity contribution in [2.75, 3.05) is 13.2 Å². The molecule has 0 radical (unpaired) electrons. The zero-order valence-corrected chi connectivity index (χ0v) is 14.4.